The van der Waals surface area contributed by atoms with Crippen molar-refractivity contribution in [2.45, 2.75) is 12.3 Å². The summed E-state index contributed by atoms with van der Waals surface area (Å²) < 4.78 is 5.37. The number of nitrogens with zero attached hydrogens (tertiary/aromatic N) is 1. The largest absolute Gasteiger partial charge is 0.494 e. The maximum absolute atomic E-state index is 6.30. The molecule has 2 aromatic rings. The number of benzene rings is 1. The first-order valence-electron chi connectivity index (χ1n) is 5.16. The summed E-state index contributed by atoms with van der Waals surface area (Å²) in [6, 6.07) is 7.79. The maximum atomic E-state index is 6.30. The fourth-order valence-electron chi connectivity index (χ4n) is 1.49. The highest BCUT2D eigenvalue weighted by Crippen LogP contribution is 2.28. The van der Waals surface area contributed by atoms with Crippen LogP contribution in [0.2, 0.25) is 0 Å². The molecule has 84 valence electrons. The molecule has 0 bridgehead atoms. The van der Waals surface area contributed by atoms with E-state index in [1.165, 1.54) is 0 Å². The van der Waals surface area contributed by atoms with Crippen molar-refractivity contribution in [3.63, 3.8) is 0 Å². The van der Waals surface area contributed by atoms with Crippen LogP contribution in [0.25, 0.3) is 0 Å². The third-order valence-corrected chi connectivity index (χ3v) is 2.80. The Labute approximate surface area is 99.4 Å². The molecule has 1 N–H and O–H groups in total. The van der Waals surface area contributed by atoms with Gasteiger partial charge in [-0.1, -0.05) is 12.1 Å². The van der Waals surface area contributed by atoms with Crippen molar-refractivity contribution >= 4 is 11.6 Å². The summed E-state index contributed by atoms with van der Waals surface area (Å²) in [4.78, 5) is 0. The highest BCUT2D eigenvalue weighted by atomic mass is 35.5. The molecule has 4 heteroatoms. The van der Waals surface area contributed by atoms with Gasteiger partial charge >= 0.3 is 0 Å². The summed E-state index contributed by atoms with van der Waals surface area (Å²) >= 11 is 6.30. The predicted molar refractivity (Wildman–Crippen MR) is 63.9 cm³/mol. The molecule has 0 aliphatic carbocycles. The average Bonchev–Trinajstić information content (AvgIpc) is 2.83. The van der Waals surface area contributed by atoms with Crippen molar-refractivity contribution in [3.8, 4) is 5.75 Å². The Morgan fingerprint density at radius 1 is 1.31 bits per heavy atom. The highest BCUT2D eigenvalue weighted by molar-refractivity contribution is 6.22. The normalized spacial score (nSPS) is 12.4. The minimum atomic E-state index is -0.172. The van der Waals surface area contributed by atoms with Crippen LogP contribution in [0, 0.1) is 0 Å². The van der Waals surface area contributed by atoms with E-state index in [4.69, 9.17) is 16.3 Å². The van der Waals surface area contributed by atoms with E-state index in [0.29, 0.717) is 6.61 Å². The van der Waals surface area contributed by atoms with Gasteiger partial charge in [-0.05, 0) is 24.6 Å². The van der Waals surface area contributed by atoms with Gasteiger partial charge in [0.2, 0.25) is 0 Å². The van der Waals surface area contributed by atoms with Crippen LogP contribution in [-0.4, -0.2) is 16.8 Å². The van der Waals surface area contributed by atoms with Gasteiger partial charge in [-0.25, -0.2) is 0 Å². The summed E-state index contributed by atoms with van der Waals surface area (Å²) in [5, 5.41) is 6.46. The molecule has 1 heterocycles. The molecule has 1 unspecified atom stereocenters. The van der Waals surface area contributed by atoms with Gasteiger partial charge in [-0.2, -0.15) is 5.10 Å². The van der Waals surface area contributed by atoms with Crippen molar-refractivity contribution in [3.05, 3.63) is 47.8 Å². The number of aromatic nitrogens is 2. The summed E-state index contributed by atoms with van der Waals surface area (Å²) in [7, 11) is 0. The molecular formula is C12H13ClN2O. The smallest absolute Gasteiger partial charge is 0.119 e. The van der Waals surface area contributed by atoms with E-state index in [1.807, 2.05) is 31.2 Å². The Balaban J connectivity index is 2.15. The number of aromatic amines is 1. The standard InChI is InChI=1S/C12H13ClN2O/c1-2-16-11-5-3-9(4-6-11)12(13)10-7-14-15-8-10/h3-8,12H,2H2,1H3,(H,14,15). The monoisotopic (exact) mass is 236 g/mol. The molecule has 1 aromatic heterocycles. The molecule has 0 amide bonds. The molecule has 16 heavy (non-hydrogen) atoms. The van der Waals surface area contributed by atoms with Crippen molar-refractivity contribution < 1.29 is 4.74 Å². The highest BCUT2D eigenvalue weighted by Gasteiger charge is 2.11. The quantitative estimate of drug-likeness (QED) is 0.829. The zero-order valence-corrected chi connectivity index (χ0v) is 9.74. The first kappa shape index (κ1) is 11.0. The zero-order valence-electron chi connectivity index (χ0n) is 8.98. The lowest BCUT2D eigenvalue weighted by atomic mass is 10.1. The summed E-state index contributed by atoms with van der Waals surface area (Å²) in [5.41, 5.74) is 2.00. The second kappa shape index (κ2) is 5.03. The van der Waals surface area contributed by atoms with E-state index >= 15 is 0 Å². The summed E-state index contributed by atoms with van der Waals surface area (Å²) in [6.07, 6.45) is 3.53. The molecule has 1 atom stereocenters. The van der Waals surface area contributed by atoms with Gasteiger partial charge in [0.1, 0.15) is 5.75 Å². The number of ether oxygens (including phenoxy) is 1. The predicted octanol–water partition coefficient (Wildman–Crippen LogP) is 3.14. The first-order chi connectivity index (χ1) is 7.81. The topological polar surface area (TPSA) is 37.9 Å². The van der Waals surface area contributed by atoms with Crippen molar-refractivity contribution in [1.29, 1.82) is 0 Å². The Morgan fingerprint density at radius 3 is 2.62 bits per heavy atom. The van der Waals surface area contributed by atoms with E-state index in [-0.39, 0.29) is 5.38 Å². The van der Waals surface area contributed by atoms with E-state index in [9.17, 15) is 0 Å². The molecule has 3 nitrogen and oxygen atoms in total. The number of hydrogen-bond acceptors (Lipinski definition) is 2. The number of rotatable bonds is 4. The molecule has 0 saturated heterocycles. The van der Waals surface area contributed by atoms with Gasteiger partial charge in [-0.15, -0.1) is 11.6 Å². The van der Waals surface area contributed by atoms with Gasteiger partial charge in [0.15, 0.2) is 0 Å². The number of hydrogen-bond donors (Lipinski definition) is 1. The Morgan fingerprint density at radius 2 is 2.06 bits per heavy atom. The van der Waals surface area contributed by atoms with Gasteiger partial charge in [0.25, 0.3) is 0 Å². The van der Waals surface area contributed by atoms with Crippen LogP contribution >= 0.6 is 11.6 Å². The van der Waals surface area contributed by atoms with Gasteiger partial charge in [-0.3, -0.25) is 5.10 Å². The van der Waals surface area contributed by atoms with E-state index < -0.39 is 0 Å². The van der Waals surface area contributed by atoms with Gasteiger partial charge in [0.05, 0.1) is 18.2 Å². The molecule has 0 fully saturated rings. The fraction of sp³-hybridized carbons (Fsp3) is 0.250. The van der Waals surface area contributed by atoms with Crippen LogP contribution in [-0.2, 0) is 0 Å². The van der Waals surface area contributed by atoms with Crippen molar-refractivity contribution in [2.75, 3.05) is 6.61 Å². The zero-order chi connectivity index (χ0) is 11.4. The van der Waals surface area contributed by atoms with Crippen LogP contribution < -0.4 is 4.74 Å². The van der Waals surface area contributed by atoms with Crippen LogP contribution in [0.5, 0.6) is 5.75 Å². The third-order valence-electron chi connectivity index (χ3n) is 2.30. The second-order valence-corrected chi connectivity index (χ2v) is 3.83. The number of H-pyrrole nitrogens is 1. The molecule has 0 aliphatic heterocycles. The Kier molecular flexibility index (Phi) is 3.47. The summed E-state index contributed by atoms with van der Waals surface area (Å²) in [6.45, 7) is 2.63. The molecule has 2 rings (SSSR count). The lowest BCUT2D eigenvalue weighted by Crippen LogP contribution is -1.94. The Hall–Kier alpha value is -1.48. The SMILES string of the molecule is CCOc1ccc(C(Cl)c2cn[nH]c2)cc1. The number of halogens is 1. The minimum Gasteiger partial charge on any atom is -0.494 e. The number of nitrogens with one attached hydrogen (secondary N) is 1. The second-order valence-electron chi connectivity index (χ2n) is 3.40. The number of alkyl halides is 1. The molecule has 0 radical (unpaired) electrons. The molecule has 0 aliphatic rings. The molecule has 0 spiro atoms. The molecular weight excluding hydrogens is 224 g/mol. The van der Waals surface area contributed by atoms with Crippen LogP contribution in [0.4, 0.5) is 0 Å². The summed E-state index contributed by atoms with van der Waals surface area (Å²) in [5.74, 6) is 0.863. The Bertz CT molecular complexity index is 425. The molecule has 1 aromatic carbocycles. The lowest BCUT2D eigenvalue weighted by molar-refractivity contribution is 0.340. The van der Waals surface area contributed by atoms with Gasteiger partial charge < -0.3 is 4.74 Å². The molecule has 0 saturated carbocycles. The van der Waals surface area contributed by atoms with E-state index in [1.54, 1.807) is 12.4 Å². The van der Waals surface area contributed by atoms with Crippen molar-refractivity contribution in [2.24, 2.45) is 0 Å². The van der Waals surface area contributed by atoms with Crippen LogP contribution in [0.1, 0.15) is 23.4 Å². The maximum Gasteiger partial charge on any atom is 0.119 e. The van der Waals surface area contributed by atoms with E-state index in [0.717, 1.165) is 16.9 Å². The fourth-order valence-corrected chi connectivity index (χ4v) is 1.76. The minimum absolute atomic E-state index is 0.172. The van der Waals surface area contributed by atoms with E-state index in [2.05, 4.69) is 10.2 Å². The van der Waals surface area contributed by atoms with Gasteiger partial charge in [0, 0.05) is 11.8 Å². The average molecular weight is 237 g/mol. The third kappa shape index (κ3) is 2.36. The lowest BCUT2D eigenvalue weighted by Gasteiger charge is -2.08. The van der Waals surface area contributed by atoms with Crippen LogP contribution in [0.15, 0.2) is 36.7 Å². The van der Waals surface area contributed by atoms with Crippen molar-refractivity contribution in [1.82, 2.24) is 10.2 Å². The van der Waals surface area contributed by atoms with Crippen LogP contribution in [0.3, 0.4) is 0 Å². The first-order valence-corrected chi connectivity index (χ1v) is 5.60.